The normalized spacial score (nSPS) is 10.4. The highest BCUT2D eigenvalue weighted by molar-refractivity contribution is 5.78. The molecular weight excluding hydrogens is 354 g/mol. The van der Waals surface area contributed by atoms with Crippen molar-refractivity contribution < 1.29 is 19.1 Å². The van der Waals surface area contributed by atoms with Crippen molar-refractivity contribution in [1.29, 1.82) is 0 Å². The van der Waals surface area contributed by atoms with E-state index in [4.69, 9.17) is 9.47 Å². The average molecular weight is 383 g/mol. The van der Waals surface area contributed by atoms with E-state index in [9.17, 15) is 9.59 Å². The average Bonchev–Trinajstić information content (AvgIpc) is 2.69. The van der Waals surface area contributed by atoms with Gasteiger partial charge in [0.2, 0.25) is 0 Å². The standard InChI is InChI=1S/C23H29NO4/c1-4-27-23(26)13-15-24(14-12-20-8-6-5-7-9-20)22(25)17-28-21-16-18(2)10-11-19(21)3/h5-11,16H,4,12-15,17H2,1-3H3. The molecule has 0 aliphatic heterocycles. The van der Waals surface area contributed by atoms with Gasteiger partial charge in [0.15, 0.2) is 6.61 Å². The molecule has 0 aromatic heterocycles. The Morgan fingerprint density at radius 3 is 2.46 bits per heavy atom. The van der Waals surface area contributed by atoms with E-state index < -0.39 is 0 Å². The quantitative estimate of drug-likeness (QED) is 0.587. The molecule has 2 rings (SSSR count). The second-order valence-corrected chi connectivity index (χ2v) is 6.73. The Kier molecular flexibility index (Phi) is 8.53. The third kappa shape index (κ3) is 7.06. The van der Waals surface area contributed by atoms with Crippen LogP contribution < -0.4 is 4.74 Å². The zero-order valence-corrected chi connectivity index (χ0v) is 16.9. The first-order chi connectivity index (χ1) is 13.5. The third-order valence-electron chi connectivity index (χ3n) is 4.45. The number of carbonyl (C=O) groups is 2. The Hall–Kier alpha value is -2.82. The Labute approximate surface area is 167 Å². The van der Waals surface area contributed by atoms with Crippen LogP contribution in [0.25, 0.3) is 0 Å². The number of ether oxygens (including phenoxy) is 2. The van der Waals surface area contributed by atoms with Crippen LogP contribution in [0.15, 0.2) is 48.5 Å². The summed E-state index contributed by atoms with van der Waals surface area (Å²) in [5.74, 6) is 0.276. The van der Waals surface area contributed by atoms with Crippen LogP contribution >= 0.6 is 0 Å². The van der Waals surface area contributed by atoms with Gasteiger partial charge < -0.3 is 14.4 Å². The second-order valence-electron chi connectivity index (χ2n) is 6.73. The topological polar surface area (TPSA) is 55.8 Å². The van der Waals surface area contributed by atoms with Gasteiger partial charge in [-0.05, 0) is 49.9 Å². The van der Waals surface area contributed by atoms with E-state index >= 15 is 0 Å². The third-order valence-corrected chi connectivity index (χ3v) is 4.45. The Bertz CT molecular complexity index is 773. The van der Waals surface area contributed by atoms with Gasteiger partial charge in [0.05, 0.1) is 13.0 Å². The van der Waals surface area contributed by atoms with Crippen LogP contribution in [0.2, 0.25) is 0 Å². The Morgan fingerprint density at radius 2 is 1.75 bits per heavy atom. The molecule has 0 heterocycles. The van der Waals surface area contributed by atoms with E-state index in [2.05, 4.69) is 0 Å². The summed E-state index contributed by atoms with van der Waals surface area (Å²) in [6.45, 7) is 6.84. The summed E-state index contributed by atoms with van der Waals surface area (Å²) in [7, 11) is 0. The minimum atomic E-state index is -0.296. The highest BCUT2D eigenvalue weighted by atomic mass is 16.5. The predicted molar refractivity (Wildman–Crippen MR) is 109 cm³/mol. The number of rotatable bonds is 10. The molecule has 0 saturated heterocycles. The fraction of sp³-hybridized carbons (Fsp3) is 0.391. The number of amides is 1. The van der Waals surface area contributed by atoms with Crippen molar-refractivity contribution in [3.05, 3.63) is 65.2 Å². The lowest BCUT2D eigenvalue weighted by molar-refractivity contribution is -0.144. The number of benzene rings is 2. The number of hydrogen-bond acceptors (Lipinski definition) is 4. The fourth-order valence-electron chi connectivity index (χ4n) is 2.82. The van der Waals surface area contributed by atoms with E-state index in [1.807, 2.05) is 62.4 Å². The lowest BCUT2D eigenvalue weighted by Crippen LogP contribution is -2.38. The Morgan fingerprint density at radius 1 is 1.00 bits per heavy atom. The lowest BCUT2D eigenvalue weighted by Gasteiger charge is -2.23. The number of carbonyl (C=O) groups excluding carboxylic acids is 2. The second kappa shape index (κ2) is 11.1. The molecular formula is C23H29NO4. The summed E-state index contributed by atoms with van der Waals surface area (Å²) in [6, 6.07) is 15.9. The van der Waals surface area contributed by atoms with Gasteiger partial charge in [-0.2, -0.15) is 0 Å². The maximum Gasteiger partial charge on any atom is 0.307 e. The van der Waals surface area contributed by atoms with Crippen molar-refractivity contribution in [2.75, 3.05) is 26.3 Å². The van der Waals surface area contributed by atoms with Crippen molar-refractivity contribution in [2.24, 2.45) is 0 Å². The highest BCUT2D eigenvalue weighted by Crippen LogP contribution is 2.19. The van der Waals surface area contributed by atoms with Gasteiger partial charge in [0.1, 0.15) is 5.75 Å². The van der Waals surface area contributed by atoms with Crippen LogP contribution in [0.5, 0.6) is 5.75 Å². The van der Waals surface area contributed by atoms with E-state index in [0.717, 1.165) is 23.1 Å². The SMILES string of the molecule is CCOC(=O)CCN(CCc1ccccc1)C(=O)COc1cc(C)ccc1C. The molecule has 0 aliphatic carbocycles. The van der Waals surface area contributed by atoms with Gasteiger partial charge in [-0.25, -0.2) is 0 Å². The molecule has 0 aliphatic rings. The lowest BCUT2D eigenvalue weighted by atomic mass is 10.1. The largest absolute Gasteiger partial charge is 0.483 e. The molecule has 28 heavy (non-hydrogen) atoms. The van der Waals surface area contributed by atoms with Crippen LogP contribution in [0.4, 0.5) is 0 Å². The molecule has 5 nitrogen and oxygen atoms in total. The summed E-state index contributed by atoms with van der Waals surface area (Å²) >= 11 is 0. The first-order valence-corrected chi connectivity index (χ1v) is 9.67. The van der Waals surface area contributed by atoms with Gasteiger partial charge in [0, 0.05) is 13.1 Å². The number of aryl methyl sites for hydroxylation is 2. The molecule has 0 atom stereocenters. The van der Waals surface area contributed by atoms with Crippen molar-refractivity contribution in [3.63, 3.8) is 0 Å². The van der Waals surface area contributed by atoms with Gasteiger partial charge in [-0.1, -0.05) is 42.5 Å². The molecule has 1 amide bonds. The van der Waals surface area contributed by atoms with Gasteiger partial charge in [-0.3, -0.25) is 9.59 Å². The summed E-state index contributed by atoms with van der Waals surface area (Å²) < 4.78 is 10.7. The monoisotopic (exact) mass is 383 g/mol. The van der Waals surface area contributed by atoms with E-state index in [1.54, 1.807) is 11.8 Å². The van der Waals surface area contributed by atoms with Gasteiger partial charge in [-0.15, -0.1) is 0 Å². The molecule has 150 valence electrons. The molecule has 0 spiro atoms. The molecule has 0 saturated carbocycles. The van der Waals surface area contributed by atoms with E-state index in [0.29, 0.717) is 25.4 Å². The number of hydrogen-bond donors (Lipinski definition) is 0. The maximum atomic E-state index is 12.8. The molecule has 2 aromatic carbocycles. The van der Waals surface area contributed by atoms with Gasteiger partial charge in [0.25, 0.3) is 5.91 Å². The van der Waals surface area contributed by atoms with Crippen LogP contribution in [0.1, 0.15) is 30.0 Å². The van der Waals surface area contributed by atoms with Crippen molar-refractivity contribution in [3.8, 4) is 5.75 Å². The number of esters is 1. The fourth-order valence-corrected chi connectivity index (χ4v) is 2.82. The molecule has 2 aromatic rings. The van der Waals surface area contributed by atoms with Crippen molar-refractivity contribution >= 4 is 11.9 Å². The zero-order valence-electron chi connectivity index (χ0n) is 16.9. The molecule has 0 radical (unpaired) electrons. The maximum absolute atomic E-state index is 12.8. The summed E-state index contributed by atoms with van der Waals surface area (Å²) in [5, 5.41) is 0. The molecule has 0 fully saturated rings. The van der Waals surface area contributed by atoms with Gasteiger partial charge >= 0.3 is 5.97 Å². The smallest absolute Gasteiger partial charge is 0.307 e. The van der Waals surface area contributed by atoms with Crippen molar-refractivity contribution in [1.82, 2.24) is 4.90 Å². The predicted octanol–water partition coefficient (Wildman–Crippen LogP) is 3.71. The first kappa shape index (κ1) is 21.5. The van der Waals surface area contributed by atoms with Crippen LogP contribution in [-0.2, 0) is 20.7 Å². The minimum Gasteiger partial charge on any atom is -0.483 e. The van der Waals surface area contributed by atoms with Crippen LogP contribution in [0, 0.1) is 13.8 Å². The molecule has 5 heteroatoms. The highest BCUT2D eigenvalue weighted by Gasteiger charge is 2.17. The summed E-state index contributed by atoms with van der Waals surface area (Å²) in [6.07, 6.45) is 0.900. The van der Waals surface area contributed by atoms with Crippen molar-refractivity contribution in [2.45, 2.75) is 33.6 Å². The van der Waals surface area contributed by atoms with Crippen LogP contribution in [-0.4, -0.2) is 43.1 Å². The van der Waals surface area contributed by atoms with E-state index in [-0.39, 0.29) is 24.9 Å². The minimum absolute atomic E-state index is 0.0537. The zero-order chi connectivity index (χ0) is 20.4. The summed E-state index contributed by atoms with van der Waals surface area (Å²) in [4.78, 5) is 26.1. The molecule has 0 N–H and O–H groups in total. The number of nitrogens with zero attached hydrogens (tertiary/aromatic N) is 1. The Balaban J connectivity index is 1.98. The molecule has 0 unspecified atom stereocenters. The van der Waals surface area contributed by atoms with Crippen LogP contribution in [0.3, 0.4) is 0 Å². The van der Waals surface area contributed by atoms with E-state index in [1.165, 1.54) is 0 Å². The first-order valence-electron chi connectivity index (χ1n) is 9.67. The summed E-state index contributed by atoms with van der Waals surface area (Å²) in [5.41, 5.74) is 3.21. The molecule has 0 bridgehead atoms.